The van der Waals surface area contributed by atoms with Crippen molar-refractivity contribution in [1.29, 1.82) is 0 Å². The third kappa shape index (κ3) is 6.16. The van der Waals surface area contributed by atoms with E-state index in [1.807, 2.05) is 42.7 Å². The normalized spacial score (nSPS) is 16.1. The average molecular weight is 334 g/mol. The first-order chi connectivity index (χ1) is 11.3. The zero-order chi connectivity index (χ0) is 17.6. The fraction of sp³-hybridized carbons (Fsp3) is 0.588. The molecule has 0 spiro atoms. The molecule has 0 aromatic carbocycles. The number of alkyl carbamates (subject to hydrolysis) is 1. The molecule has 0 radical (unpaired) electrons. The van der Waals surface area contributed by atoms with Gasteiger partial charge in [-0.3, -0.25) is 14.7 Å². The Morgan fingerprint density at radius 1 is 1.38 bits per heavy atom. The molecule has 1 aliphatic heterocycles. The van der Waals surface area contributed by atoms with Crippen molar-refractivity contribution in [2.45, 2.75) is 32.9 Å². The molecule has 7 nitrogen and oxygen atoms in total. The van der Waals surface area contributed by atoms with Gasteiger partial charge in [0.25, 0.3) is 0 Å². The summed E-state index contributed by atoms with van der Waals surface area (Å²) in [5.41, 5.74) is 0.531. The number of rotatable bonds is 5. The molecule has 1 saturated heterocycles. The van der Waals surface area contributed by atoms with Gasteiger partial charge in [-0.05, 0) is 32.4 Å². The van der Waals surface area contributed by atoms with Gasteiger partial charge < -0.3 is 15.0 Å². The third-order valence-electron chi connectivity index (χ3n) is 3.59. The van der Waals surface area contributed by atoms with Gasteiger partial charge in [0.05, 0.1) is 6.54 Å². The largest absolute Gasteiger partial charge is 0.444 e. The van der Waals surface area contributed by atoms with Crippen LogP contribution in [0.4, 0.5) is 4.79 Å². The molecule has 1 N–H and O–H groups in total. The van der Waals surface area contributed by atoms with E-state index in [1.165, 1.54) is 0 Å². The van der Waals surface area contributed by atoms with Crippen LogP contribution in [0, 0.1) is 0 Å². The molecule has 0 saturated carbocycles. The van der Waals surface area contributed by atoms with Crippen LogP contribution >= 0.6 is 0 Å². The first-order valence-electron chi connectivity index (χ1n) is 8.19. The summed E-state index contributed by atoms with van der Waals surface area (Å²) < 4.78 is 5.18. The Kier molecular flexibility index (Phi) is 6.14. The van der Waals surface area contributed by atoms with Crippen molar-refractivity contribution >= 4 is 12.0 Å². The summed E-state index contributed by atoms with van der Waals surface area (Å²) in [6, 6.07) is 3.84. The second kappa shape index (κ2) is 8.10. The average Bonchev–Trinajstić information content (AvgIpc) is 2.49. The second-order valence-electron chi connectivity index (χ2n) is 6.88. The summed E-state index contributed by atoms with van der Waals surface area (Å²) in [4.78, 5) is 31.8. The molecule has 2 rings (SSSR count). The number of amides is 2. The molecule has 1 aromatic rings. The molecule has 0 aliphatic carbocycles. The van der Waals surface area contributed by atoms with Gasteiger partial charge in [-0.2, -0.15) is 0 Å². The van der Waals surface area contributed by atoms with Crippen molar-refractivity contribution in [2.75, 3.05) is 32.7 Å². The maximum atomic E-state index is 12.2. The Balaban J connectivity index is 1.69. The topological polar surface area (TPSA) is 74.8 Å². The Morgan fingerprint density at radius 3 is 2.79 bits per heavy atom. The number of piperazine rings is 1. The summed E-state index contributed by atoms with van der Waals surface area (Å²) in [5, 5.41) is 2.72. The predicted octanol–water partition coefficient (Wildman–Crippen LogP) is 1.25. The maximum Gasteiger partial charge on any atom is 0.407 e. The first-order valence-corrected chi connectivity index (χ1v) is 8.19. The molecule has 1 aliphatic rings. The molecule has 132 valence electrons. The lowest BCUT2D eigenvalue weighted by molar-refractivity contribution is -0.136. The molecular formula is C17H26N4O3. The van der Waals surface area contributed by atoms with Gasteiger partial charge in [0.1, 0.15) is 5.60 Å². The highest BCUT2D eigenvalue weighted by atomic mass is 16.6. The van der Waals surface area contributed by atoms with Gasteiger partial charge in [-0.15, -0.1) is 0 Å². The van der Waals surface area contributed by atoms with E-state index in [-0.39, 0.29) is 5.91 Å². The van der Waals surface area contributed by atoms with Crippen molar-refractivity contribution in [3.63, 3.8) is 0 Å². The highest BCUT2D eigenvalue weighted by Gasteiger charge is 2.24. The van der Waals surface area contributed by atoms with Crippen LogP contribution < -0.4 is 5.32 Å². The molecular weight excluding hydrogens is 308 g/mol. The van der Waals surface area contributed by atoms with Crippen molar-refractivity contribution in [3.05, 3.63) is 30.1 Å². The monoisotopic (exact) mass is 334 g/mol. The highest BCUT2D eigenvalue weighted by Crippen LogP contribution is 2.09. The van der Waals surface area contributed by atoms with Crippen LogP contribution in [0.15, 0.2) is 24.5 Å². The van der Waals surface area contributed by atoms with E-state index in [2.05, 4.69) is 10.3 Å². The standard InChI is InChI=1S/C17H26N4O3/c1-17(2,3)24-16(23)19-7-8-20-9-10-21(15(22)13-20)12-14-5-4-6-18-11-14/h4-6,11H,7-10,12-13H2,1-3H3,(H,19,23). The summed E-state index contributed by atoms with van der Waals surface area (Å²) in [6.07, 6.45) is 3.08. The summed E-state index contributed by atoms with van der Waals surface area (Å²) in [5.74, 6) is 0.0994. The highest BCUT2D eigenvalue weighted by molar-refractivity contribution is 5.79. The van der Waals surface area contributed by atoms with Crippen LogP contribution in [0.1, 0.15) is 26.3 Å². The zero-order valence-electron chi connectivity index (χ0n) is 14.6. The molecule has 2 amide bonds. The minimum Gasteiger partial charge on any atom is -0.444 e. The number of ether oxygens (including phenoxy) is 1. The molecule has 0 unspecified atom stereocenters. The van der Waals surface area contributed by atoms with E-state index in [0.717, 1.165) is 12.1 Å². The fourth-order valence-electron chi connectivity index (χ4n) is 2.46. The van der Waals surface area contributed by atoms with Crippen molar-refractivity contribution < 1.29 is 14.3 Å². The Labute approximate surface area is 143 Å². The van der Waals surface area contributed by atoms with Crippen molar-refractivity contribution in [2.24, 2.45) is 0 Å². The fourth-order valence-corrected chi connectivity index (χ4v) is 2.46. The predicted molar refractivity (Wildman–Crippen MR) is 90.3 cm³/mol. The van der Waals surface area contributed by atoms with Crippen LogP contribution in [0.5, 0.6) is 0 Å². The molecule has 7 heteroatoms. The van der Waals surface area contributed by atoms with Crippen LogP contribution in [0.2, 0.25) is 0 Å². The van der Waals surface area contributed by atoms with Crippen LogP contribution in [-0.4, -0.2) is 65.1 Å². The lowest BCUT2D eigenvalue weighted by atomic mass is 10.2. The van der Waals surface area contributed by atoms with Crippen LogP contribution in [0.3, 0.4) is 0 Å². The van der Waals surface area contributed by atoms with E-state index < -0.39 is 11.7 Å². The van der Waals surface area contributed by atoms with E-state index in [0.29, 0.717) is 32.7 Å². The number of carbonyl (C=O) groups excluding carboxylic acids is 2. The zero-order valence-corrected chi connectivity index (χ0v) is 14.6. The van der Waals surface area contributed by atoms with Crippen LogP contribution in [-0.2, 0) is 16.1 Å². The van der Waals surface area contributed by atoms with E-state index in [9.17, 15) is 9.59 Å². The van der Waals surface area contributed by atoms with Crippen molar-refractivity contribution in [3.8, 4) is 0 Å². The Hall–Kier alpha value is -2.15. The second-order valence-corrected chi connectivity index (χ2v) is 6.88. The number of aromatic nitrogens is 1. The smallest absolute Gasteiger partial charge is 0.407 e. The van der Waals surface area contributed by atoms with Gasteiger partial charge in [0.15, 0.2) is 0 Å². The van der Waals surface area contributed by atoms with Gasteiger partial charge >= 0.3 is 6.09 Å². The SMILES string of the molecule is CC(C)(C)OC(=O)NCCN1CCN(Cc2cccnc2)C(=O)C1. The summed E-state index contributed by atoms with van der Waals surface area (Å²) >= 11 is 0. The lowest BCUT2D eigenvalue weighted by Gasteiger charge is -2.34. The van der Waals surface area contributed by atoms with E-state index >= 15 is 0 Å². The quantitative estimate of drug-likeness (QED) is 0.877. The molecule has 0 atom stereocenters. The van der Waals surface area contributed by atoms with E-state index in [1.54, 1.807) is 12.4 Å². The third-order valence-corrected chi connectivity index (χ3v) is 3.59. The lowest BCUT2D eigenvalue weighted by Crippen LogP contribution is -2.51. The Morgan fingerprint density at radius 2 is 2.17 bits per heavy atom. The molecule has 0 bridgehead atoms. The minimum absolute atomic E-state index is 0.0994. The molecule has 1 aromatic heterocycles. The minimum atomic E-state index is -0.502. The molecule has 24 heavy (non-hydrogen) atoms. The number of carbonyl (C=O) groups is 2. The number of pyridine rings is 1. The number of nitrogens with one attached hydrogen (secondary N) is 1. The van der Waals surface area contributed by atoms with Crippen molar-refractivity contribution in [1.82, 2.24) is 20.1 Å². The molecule has 2 heterocycles. The van der Waals surface area contributed by atoms with Gasteiger partial charge in [0, 0.05) is 45.1 Å². The number of hydrogen-bond donors (Lipinski definition) is 1. The molecule has 1 fully saturated rings. The van der Waals surface area contributed by atoms with Crippen LogP contribution in [0.25, 0.3) is 0 Å². The maximum absolute atomic E-state index is 12.2. The summed E-state index contributed by atoms with van der Waals surface area (Å²) in [6.45, 7) is 9.01. The van der Waals surface area contributed by atoms with E-state index in [4.69, 9.17) is 4.74 Å². The first kappa shape index (κ1) is 18.2. The number of nitrogens with zero attached hydrogens (tertiary/aromatic N) is 3. The number of hydrogen-bond acceptors (Lipinski definition) is 5. The van der Waals surface area contributed by atoms with Gasteiger partial charge in [-0.1, -0.05) is 6.07 Å². The Bertz CT molecular complexity index is 557. The summed E-state index contributed by atoms with van der Waals surface area (Å²) in [7, 11) is 0. The van der Waals surface area contributed by atoms with Gasteiger partial charge in [-0.25, -0.2) is 4.79 Å². The van der Waals surface area contributed by atoms with Gasteiger partial charge in [0.2, 0.25) is 5.91 Å².